The van der Waals surface area contributed by atoms with Crippen molar-refractivity contribution in [3.63, 3.8) is 0 Å². The van der Waals surface area contributed by atoms with Gasteiger partial charge in [-0.15, -0.1) is 0 Å². The summed E-state index contributed by atoms with van der Waals surface area (Å²) in [6.07, 6.45) is 3.09. The lowest BCUT2D eigenvalue weighted by Crippen LogP contribution is -2.26. The van der Waals surface area contributed by atoms with Gasteiger partial charge in [0.1, 0.15) is 0 Å². The van der Waals surface area contributed by atoms with Crippen molar-refractivity contribution in [1.29, 1.82) is 0 Å². The van der Waals surface area contributed by atoms with Crippen molar-refractivity contribution in [1.82, 2.24) is 10.3 Å². The van der Waals surface area contributed by atoms with Crippen molar-refractivity contribution < 1.29 is 0 Å². The van der Waals surface area contributed by atoms with Crippen LogP contribution in [0.15, 0.2) is 36.5 Å². The number of thioether (sulfide) groups is 1. The molecule has 0 spiro atoms. The van der Waals surface area contributed by atoms with Gasteiger partial charge in [0.05, 0.1) is 5.52 Å². The molecule has 1 aromatic heterocycles. The predicted molar refractivity (Wildman–Crippen MR) is 85.7 cm³/mol. The van der Waals surface area contributed by atoms with Crippen LogP contribution < -0.4 is 5.32 Å². The summed E-state index contributed by atoms with van der Waals surface area (Å²) in [5, 5.41) is 4.82. The van der Waals surface area contributed by atoms with Crippen LogP contribution in [0.25, 0.3) is 10.9 Å². The van der Waals surface area contributed by atoms with E-state index in [4.69, 9.17) is 0 Å². The lowest BCUT2D eigenvalue weighted by molar-refractivity contribution is 0.538. The molecule has 3 heteroatoms. The zero-order valence-corrected chi connectivity index (χ0v) is 12.5. The van der Waals surface area contributed by atoms with Gasteiger partial charge in [-0.2, -0.15) is 11.8 Å². The van der Waals surface area contributed by atoms with Crippen LogP contribution in [0.5, 0.6) is 0 Å². The molecule has 0 radical (unpaired) electrons. The molecule has 2 rings (SSSR count). The number of hydrogen-bond acceptors (Lipinski definition) is 3. The third-order valence-corrected chi connectivity index (χ3v) is 4.19. The molecule has 2 aromatic rings. The summed E-state index contributed by atoms with van der Waals surface area (Å²) < 4.78 is 0. The van der Waals surface area contributed by atoms with Crippen molar-refractivity contribution in [2.75, 3.05) is 11.5 Å². The van der Waals surface area contributed by atoms with Crippen LogP contribution in [-0.4, -0.2) is 22.5 Å². The number of fused-ring (bicyclic) bond motifs is 1. The Morgan fingerprint density at radius 2 is 2.11 bits per heavy atom. The molecule has 0 aliphatic carbocycles. The van der Waals surface area contributed by atoms with Crippen molar-refractivity contribution in [2.24, 2.45) is 0 Å². The smallest absolute Gasteiger partial charge is 0.0746 e. The summed E-state index contributed by atoms with van der Waals surface area (Å²) in [7, 11) is 0. The van der Waals surface area contributed by atoms with Crippen molar-refractivity contribution >= 4 is 22.7 Å². The van der Waals surface area contributed by atoms with Gasteiger partial charge in [0.15, 0.2) is 0 Å². The summed E-state index contributed by atoms with van der Waals surface area (Å²) in [5.41, 5.74) is 2.40. The molecule has 1 N–H and O–H groups in total. The molecule has 0 fully saturated rings. The molecule has 1 unspecified atom stereocenters. The molecule has 0 aliphatic heterocycles. The topological polar surface area (TPSA) is 24.9 Å². The highest BCUT2D eigenvalue weighted by molar-refractivity contribution is 7.99. The first-order valence-electron chi connectivity index (χ1n) is 6.95. The van der Waals surface area contributed by atoms with E-state index in [0.717, 1.165) is 12.1 Å². The van der Waals surface area contributed by atoms with Gasteiger partial charge in [-0.05, 0) is 36.5 Å². The number of rotatable bonds is 7. The van der Waals surface area contributed by atoms with E-state index in [2.05, 4.69) is 48.4 Å². The molecular formula is C16H22N2S. The Balaban J connectivity index is 1.94. The van der Waals surface area contributed by atoms with Gasteiger partial charge in [-0.1, -0.05) is 31.2 Å². The minimum atomic E-state index is 0.554. The van der Waals surface area contributed by atoms with Gasteiger partial charge >= 0.3 is 0 Å². The highest BCUT2D eigenvalue weighted by Gasteiger charge is 2.04. The van der Waals surface area contributed by atoms with Crippen LogP contribution in [0.4, 0.5) is 0 Å². The molecule has 1 atom stereocenters. The van der Waals surface area contributed by atoms with Gasteiger partial charge in [0.25, 0.3) is 0 Å². The first-order valence-corrected chi connectivity index (χ1v) is 8.10. The van der Waals surface area contributed by atoms with E-state index < -0.39 is 0 Å². The third-order valence-electron chi connectivity index (χ3n) is 3.26. The Morgan fingerprint density at radius 1 is 1.26 bits per heavy atom. The monoisotopic (exact) mass is 274 g/mol. The van der Waals surface area contributed by atoms with Crippen LogP contribution in [0, 0.1) is 0 Å². The molecule has 2 nitrogen and oxygen atoms in total. The Bertz CT molecular complexity index is 508. The number of pyridine rings is 1. The first-order chi connectivity index (χ1) is 9.31. The Kier molecular flexibility index (Phi) is 5.67. The predicted octanol–water partition coefficient (Wildman–Crippen LogP) is 3.86. The molecule has 1 aromatic carbocycles. The van der Waals surface area contributed by atoms with Crippen LogP contribution in [-0.2, 0) is 6.54 Å². The fraction of sp³-hybridized carbons (Fsp3) is 0.438. The lowest BCUT2D eigenvalue weighted by atomic mass is 10.1. The Labute approximate surface area is 120 Å². The van der Waals surface area contributed by atoms with Gasteiger partial charge in [0.2, 0.25) is 0 Å². The van der Waals surface area contributed by atoms with Crippen LogP contribution in [0.1, 0.15) is 25.8 Å². The average molecular weight is 274 g/mol. The first kappa shape index (κ1) is 14.4. The standard InChI is InChI=1S/C16H22N2S/c1-3-19-11-9-13(2)18-12-15-7-4-6-14-8-5-10-17-16(14)15/h4-8,10,13,18H,3,9,11-12H2,1-2H3. The van der Waals surface area contributed by atoms with Crippen molar-refractivity contribution in [3.8, 4) is 0 Å². The number of nitrogens with zero attached hydrogens (tertiary/aromatic N) is 1. The van der Waals surface area contributed by atoms with Crippen LogP contribution in [0.3, 0.4) is 0 Å². The highest BCUT2D eigenvalue weighted by Crippen LogP contribution is 2.16. The van der Waals surface area contributed by atoms with Gasteiger partial charge in [-0.3, -0.25) is 4.98 Å². The minimum Gasteiger partial charge on any atom is -0.310 e. The summed E-state index contributed by atoms with van der Waals surface area (Å²) in [6.45, 7) is 5.37. The second-order valence-corrected chi connectivity index (χ2v) is 6.15. The normalized spacial score (nSPS) is 12.7. The van der Waals surface area contributed by atoms with Gasteiger partial charge in [-0.25, -0.2) is 0 Å². The van der Waals surface area contributed by atoms with E-state index in [1.807, 2.05) is 24.0 Å². The zero-order valence-electron chi connectivity index (χ0n) is 11.7. The van der Waals surface area contributed by atoms with E-state index in [1.54, 1.807) is 0 Å². The van der Waals surface area contributed by atoms with Gasteiger partial charge in [0, 0.05) is 24.2 Å². The summed E-state index contributed by atoms with van der Waals surface area (Å²) >= 11 is 2.01. The molecule has 0 saturated heterocycles. The highest BCUT2D eigenvalue weighted by atomic mass is 32.2. The van der Waals surface area contributed by atoms with Gasteiger partial charge < -0.3 is 5.32 Å². The number of nitrogens with one attached hydrogen (secondary N) is 1. The summed E-state index contributed by atoms with van der Waals surface area (Å²) in [6, 6.07) is 11.1. The number of benzene rings is 1. The van der Waals surface area contributed by atoms with Crippen LogP contribution >= 0.6 is 11.8 Å². The van der Waals surface area contributed by atoms with Crippen LogP contribution in [0.2, 0.25) is 0 Å². The fourth-order valence-electron chi connectivity index (χ4n) is 2.10. The molecule has 0 saturated carbocycles. The molecule has 0 bridgehead atoms. The molecule has 1 heterocycles. The maximum absolute atomic E-state index is 4.49. The zero-order chi connectivity index (χ0) is 13.5. The Hall–Kier alpha value is -1.06. The SMILES string of the molecule is CCSCCC(C)NCc1cccc2cccnc12. The van der Waals surface area contributed by atoms with E-state index in [9.17, 15) is 0 Å². The van der Waals surface area contributed by atoms with Crippen molar-refractivity contribution in [2.45, 2.75) is 32.9 Å². The maximum Gasteiger partial charge on any atom is 0.0746 e. The second-order valence-electron chi connectivity index (χ2n) is 4.76. The second kappa shape index (κ2) is 7.51. The molecule has 0 aliphatic rings. The molecule has 19 heavy (non-hydrogen) atoms. The number of aromatic nitrogens is 1. The molecular weight excluding hydrogens is 252 g/mol. The molecule has 102 valence electrons. The van der Waals surface area contributed by atoms with E-state index in [0.29, 0.717) is 6.04 Å². The summed E-state index contributed by atoms with van der Waals surface area (Å²) in [4.78, 5) is 4.49. The summed E-state index contributed by atoms with van der Waals surface area (Å²) in [5.74, 6) is 2.44. The van der Waals surface area contributed by atoms with E-state index in [1.165, 1.54) is 28.9 Å². The Morgan fingerprint density at radius 3 is 2.95 bits per heavy atom. The fourth-order valence-corrected chi connectivity index (χ4v) is 2.91. The average Bonchev–Trinajstić information content (AvgIpc) is 2.45. The number of para-hydroxylation sites is 1. The third kappa shape index (κ3) is 4.22. The lowest BCUT2D eigenvalue weighted by Gasteiger charge is -2.14. The maximum atomic E-state index is 4.49. The number of hydrogen-bond donors (Lipinski definition) is 1. The molecule has 0 amide bonds. The largest absolute Gasteiger partial charge is 0.310 e. The van der Waals surface area contributed by atoms with Crippen molar-refractivity contribution in [3.05, 3.63) is 42.1 Å². The quantitative estimate of drug-likeness (QED) is 0.776. The minimum absolute atomic E-state index is 0.554. The van der Waals surface area contributed by atoms with E-state index in [-0.39, 0.29) is 0 Å². The van der Waals surface area contributed by atoms with E-state index >= 15 is 0 Å².